The van der Waals surface area contributed by atoms with Crippen LogP contribution in [0, 0.1) is 28.9 Å². The second kappa shape index (κ2) is 8.30. The maximum atomic E-state index is 15.3. The number of benzene rings is 1. The van der Waals surface area contributed by atoms with Gasteiger partial charge < -0.3 is 20.9 Å². The van der Waals surface area contributed by atoms with Gasteiger partial charge in [-0.2, -0.15) is 5.26 Å². The van der Waals surface area contributed by atoms with E-state index in [0.717, 1.165) is 31.1 Å². The molecule has 7 nitrogen and oxygen atoms in total. The van der Waals surface area contributed by atoms with E-state index in [9.17, 15) is 9.65 Å². The average molecular weight is 447 g/mol. The number of nitriles is 1. The smallest absolute Gasteiger partial charge is 0.169 e. The normalized spacial score (nSPS) is 16.3. The van der Waals surface area contributed by atoms with Gasteiger partial charge in [0.2, 0.25) is 0 Å². The molecule has 4 N–H and O–H groups in total. The van der Waals surface area contributed by atoms with Crippen molar-refractivity contribution in [1.29, 1.82) is 5.26 Å². The van der Waals surface area contributed by atoms with Crippen LogP contribution in [-0.2, 0) is 0 Å². The molecule has 168 valence electrons. The lowest BCUT2D eigenvalue weighted by Crippen LogP contribution is -2.38. The van der Waals surface area contributed by atoms with Crippen LogP contribution in [0.15, 0.2) is 30.7 Å². The Morgan fingerprint density at radius 3 is 2.88 bits per heavy atom. The molecule has 1 aliphatic rings. The molecule has 0 saturated carbocycles. The highest BCUT2D eigenvalue weighted by atomic mass is 19.2. The van der Waals surface area contributed by atoms with Crippen molar-refractivity contribution in [2.75, 3.05) is 36.9 Å². The topological polar surface area (TPSA) is 107 Å². The highest BCUT2D eigenvalue weighted by Crippen LogP contribution is 2.44. The van der Waals surface area contributed by atoms with E-state index in [1.807, 2.05) is 0 Å². The first-order valence-electron chi connectivity index (χ1n) is 10.9. The van der Waals surface area contributed by atoms with Gasteiger partial charge in [-0.1, -0.05) is 0 Å². The molecule has 0 aliphatic carbocycles. The number of pyridine rings is 2. The van der Waals surface area contributed by atoms with Crippen molar-refractivity contribution in [2.24, 2.45) is 11.7 Å². The van der Waals surface area contributed by atoms with Crippen LogP contribution in [0.2, 0.25) is 0 Å². The summed E-state index contributed by atoms with van der Waals surface area (Å²) in [7, 11) is 1.66. The fraction of sp³-hybridized carbons (Fsp3) is 0.292. The highest BCUT2D eigenvalue weighted by molar-refractivity contribution is 6.18. The summed E-state index contributed by atoms with van der Waals surface area (Å²) in [6, 6.07) is 4.98. The first kappa shape index (κ1) is 21.1. The van der Waals surface area contributed by atoms with E-state index in [4.69, 9.17) is 5.73 Å². The van der Waals surface area contributed by atoms with Crippen molar-refractivity contribution < 1.29 is 8.78 Å². The van der Waals surface area contributed by atoms with Crippen LogP contribution < -0.4 is 16.0 Å². The summed E-state index contributed by atoms with van der Waals surface area (Å²) in [5.41, 5.74) is 9.89. The van der Waals surface area contributed by atoms with Gasteiger partial charge in [-0.25, -0.2) is 13.8 Å². The molecular weight excluding hydrogens is 424 g/mol. The Morgan fingerprint density at radius 2 is 2.12 bits per heavy atom. The number of rotatable bonds is 4. The summed E-state index contributed by atoms with van der Waals surface area (Å²) >= 11 is 0. The van der Waals surface area contributed by atoms with Crippen molar-refractivity contribution >= 4 is 33.3 Å². The molecule has 1 atom stereocenters. The minimum atomic E-state index is -0.935. The van der Waals surface area contributed by atoms with E-state index in [-0.39, 0.29) is 11.3 Å². The van der Waals surface area contributed by atoms with Crippen LogP contribution in [0.1, 0.15) is 18.4 Å². The van der Waals surface area contributed by atoms with Gasteiger partial charge in [-0.15, -0.1) is 0 Å². The highest BCUT2D eigenvalue weighted by Gasteiger charge is 2.28. The maximum Gasteiger partial charge on any atom is 0.169 e. The average Bonchev–Trinajstić information content (AvgIpc) is 3.25. The van der Waals surface area contributed by atoms with E-state index in [2.05, 4.69) is 31.2 Å². The fourth-order valence-corrected chi connectivity index (χ4v) is 4.79. The lowest BCUT2D eigenvalue weighted by atomic mass is 9.95. The summed E-state index contributed by atoms with van der Waals surface area (Å²) in [6.07, 6.45) is 6.79. The van der Waals surface area contributed by atoms with Gasteiger partial charge >= 0.3 is 0 Å². The monoisotopic (exact) mass is 447 g/mol. The summed E-state index contributed by atoms with van der Waals surface area (Å²) in [6.45, 7) is 1.99. The van der Waals surface area contributed by atoms with E-state index >= 15 is 4.39 Å². The molecule has 1 aliphatic heterocycles. The molecule has 5 rings (SSSR count). The van der Waals surface area contributed by atoms with Crippen LogP contribution in [0.3, 0.4) is 0 Å². The summed E-state index contributed by atoms with van der Waals surface area (Å²) in [5, 5.41) is 13.0. The summed E-state index contributed by atoms with van der Waals surface area (Å²) in [5.74, 6) is -1.57. The van der Waals surface area contributed by atoms with Gasteiger partial charge in [0.1, 0.15) is 11.7 Å². The summed E-state index contributed by atoms with van der Waals surface area (Å²) in [4.78, 5) is 14.1. The van der Waals surface area contributed by atoms with Crippen molar-refractivity contribution in [2.45, 2.75) is 12.8 Å². The van der Waals surface area contributed by atoms with Gasteiger partial charge in [0.25, 0.3) is 0 Å². The molecule has 4 aromatic rings. The minimum absolute atomic E-state index is 0.151. The first-order valence-corrected chi connectivity index (χ1v) is 10.9. The second-order valence-corrected chi connectivity index (χ2v) is 8.35. The Morgan fingerprint density at radius 1 is 1.27 bits per heavy atom. The maximum absolute atomic E-state index is 15.3. The molecule has 3 aromatic heterocycles. The van der Waals surface area contributed by atoms with Gasteiger partial charge in [-0.05, 0) is 31.4 Å². The van der Waals surface area contributed by atoms with Gasteiger partial charge in [-0.3, -0.25) is 4.98 Å². The largest absolute Gasteiger partial charge is 0.386 e. The molecular formula is C24H23F2N7. The first-order chi connectivity index (χ1) is 16.0. The summed E-state index contributed by atoms with van der Waals surface area (Å²) < 4.78 is 29.9. The molecule has 1 aromatic carbocycles. The van der Waals surface area contributed by atoms with Crippen molar-refractivity contribution in [3.05, 3.63) is 47.9 Å². The predicted octanol–water partition coefficient (Wildman–Crippen LogP) is 4.14. The number of aromatic amines is 1. The third-order valence-electron chi connectivity index (χ3n) is 6.38. The number of nitrogens with two attached hydrogens (primary N) is 1. The predicted molar refractivity (Wildman–Crippen MR) is 125 cm³/mol. The zero-order chi connectivity index (χ0) is 23.1. The number of nitrogens with zero attached hydrogens (tertiary/aromatic N) is 4. The van der Waals surface area contributed by atoms with E-state index in [1.54, 1.807) is 25.5 Å². The van der Waals surface area contributed by atoms with Crippen LogP contribution >= 0.6 is 0 Å². The molecule has 0 spiro atoms. The lowest BCUT2D eigenvalue weighted by molar-refractivity contribution is 0.424. The van der Waals surface area contributed by atoms with Gasteiger partial charge in [0, 0.05) is 55.9 Å². The number of nitrogens with one attached hydrogen (secondary N) is 2. The van der Waals surface area contributed by atoms with Crippen LogP contribution in [-0.4, -0.2) is 41.6 Å². The lowest BCUT2D eigenvalue weighted by Gasteiger charge is -2.35. The Kier molecular flexibility index (Phi) is 5.30. The number of hydrogen-bond acceptors (Lipinski definition) is 6. The number of H-pyrrole nitrogens is 1. The molecule has 0 amide bonds. The van der Waals surface area contributed by atoms with Crippen LogP contribution in [0.25, 0.3) is 33.1 Å². The number of aromatic nitrogens is 3. The standard InChI is InChI=1S/C24H23F2N7/c1-29-18-6-17(25)21(26)19-20-23(33-4-2-3-13(7-27)12-33)16(11-31-24(20)32-22(18)19)15-5-14(8-28)9-30-10-15/h5-6,9-11,13,29H,2-4,7,12,27H2,1H3,(H,31,32)/t13-/m0/s1. The Balaban J connectivity index is 1.88. The molecule has 0 unspecified atom stereocenters. The quantitative estimate of drug-likeness (QED) is 0.434. The fourth-order valence-electron chi connectivity index (χ4n) is 4.79. The van der Waals surface area contributed by atoms with E-state index in [0.29, 0.717) is 52.0 Å². The molecule has 0 radical (unpaired) electrons. The molecule has 1 saturated heterocycles. The molecule has 33 heavy (non-hydrogen) atoms. The van der Waals surface area contributed by atoms with Crippen molar-refractivity contribution in [3.63, 3.8) is 0 Å². The Bertz CT molecular complexity index is 1410. The minimum Gasteiger partial charge on any atom is -0.386 e. The molecule has 4 heterocycles. The van der Waals surface area contributed by atoms with Gasteiger partial charge in [0.15, 0.2) is 11.6 Å². The van der Waals surface area contributed by atoms with Crippen molar-refractivity contribution in [3.8, 4) is 17.2 Å². The number of anilines is 2. The van der Waals surface area contributed by atoms with Crippen LogP contribution in [0.5, 0.6) is 0 Å². The Hall–Kier alpha value is -3.77. The SMILES string of the molecule is CNc1cc(F)c(F)c2c1[nH]c1ncc(-c3cncc(C#N)c3)c(N3CCC[C@@H](CN)C3)c12. The Labute approximate surface area is 189 Å². The van der Waals surface area contributed by atoms with E-state index < -0.39 is 11.6 Å². The van der Waals surface area contributed by atoms with Crippen LogP contribution in [0.4, 0.5) is 20.2 Å². The van der Waals surface area contributed by atoms with Gasteiger partial charge in [0.05, 0.1) is 33.2 Å². The zero-order valence-electron chi connectivity index (χ0n) is 18.1. The molecule has 0 bridgehead atoms. The van der Waals surface area contributed by atoms with Crippen molar-refractivity contribution in [1.82, 2.24) is 15.0 Å². The number of hydrogen-bond donors (Lipinski definition) is 3. The molecule has 1 fully saturated rings. The number of piperidine rings is 1. The molecule has 9 heteroatoms. The van der Waals surface area contributed by atoms with E-state index in [1.165, 1.54) is 6.20 Å². The third-order valence-corrected chi connectivity index (χ3v) is 6.38. The zero-order valence-corrected chi connectivity index (χ0v) is 18.1. The number of halogens is 2. The second-order valence-electron chi connectivity index (χ2n) is 8.35. The third kappa shape index (κ3) is 3.43. The number of fused-ring (bicyclic) bond motifs is 3.